The van der Waals surface area contributed by atoms with Crippen LogP contribution < -0.4 is 10.2 Å². The molecule has 2 aromatic carbocycles. The molecule has 1 heterocycles. The van der Waals surface area contributed by atoms with Gasteiger partial charge in [0.05, 0.1) is 28.5 Å². The third-order valence-electron chi connectivity index (χ3n) is 3.27. The fourth-order valence-corrected chi connectivity index (χ4v) is 2.47. The third kappa shape index (κ3) is 2.09. The van der Waals surface area contributed by atoms with Crippen LogP contribution in [0, 0.1) is 10.1 Å². The summed E-state index contributed by atoms with van der Waals surface area (Å²) < 4.78 is 5.11. The lowest BCUT2D eigenvalue weighted by molar-refractivity contribution is -0.384. The number of H-pyrrole nitrogens is 1. The first-order chi connectivity index (χ1) is 10.0. The minimum absolute atomic E-state index is 0.0228. The molecule has 6 nitrogen and oxygen atoms in total. The summed E-state index contributed by atoms with van der Waals surface area (Å²) in [6.07, 6.45) is 0. The Morgan fingerprint density at radius 2 is 1.90 bits per heavy atom. The highest BCUT2D eigenvalue weighted by Crippen LogP contribution is 2.29. The first-order valence-electron chi connectivity index (χ1n) is 5.99. The summed E-state index contributed by atoms with van der Waals surface area (Å²) in [7, 11) is 1.53. The molecule has 0 unspecified atom stereocenters. The van der Waals surface area contributed by atoms with Gasteiger partial charge in [-0.05, 0) is 18.2 Å². The van der Waals surface area contributed by atoms with Crippen LogP contribution in [0.25, 0.3) is 21.8 Å². The van der Waals surface area contributed by atoms with E-state index in [1.165, 1.54) is 19.2 Å². The largest absolute Gasteiger partial charge is 0.497 e. The van der Waals surface area contributed by atoms with Crippen LogP contribution in [0.2, 0.25) is 5.02 Å². The molecule has 0 saturated carbocycles. The second kappa shape index (κ2) is 4.75. The van der Waals surface area contributed by atoms with E-state index in [-0.39, 0.29) is 21.5 Å². The minimum Gasteiger partial charge on any atom is -0.497 e. The first-order valence-corrected chi connectivity index (χ1v) is 6.36. The second-order valence-electron chi connectivity index (χ2n) is 4.47. The number of nitrogens with one attached hydrogen (secondary N) is 1. The standard InChI is InChI=1S/C14H9ClN2O4/c1-21-7-2-3-8-11(4-7)16-12-6-10(15)13(17(19)20)5-9(12)14(8)18/h2-6H,1H3,(H,16,18). The Hall–Kier alpha value is -2.60. The van der Waals surface area contributed by atoms with Crippen molar-refractivity contribution in [3.63, 3.8) is 0 Å². The normalized spacial score (nSPS) is 11.0. The van der Waals surface area contributed by atoms with Gasteiger partial charge in [-0.15, -0.1) is 0 Å². The highest BCUT2D eigenvalue weighted by atomic mass is 35.5. The van der Waals surface area contributed by atoms with E-state index in [1.54, 1.807) is 18.2 Å². The van der Waals surface area contributed by atoms with Gasteiger partial charge in [-0.25, -0.2) is 0 Å². The zero-order valence-electron chi connectivity index (χ0n) is 10.8. The number of ether oxygens (including phenoxy) is 1. The Kier molecular flexibility index (Phi) is 3.03. The van der Waals surface area contributed by atoms with Crippen molar-refractivity contribution in [1.82, 2.24) is 4.98 Å². The van der Waals surface area contributed by atoms with E-state index in [1.807, 2.05) is 0 Å². The van der Waals surface area contributed by atoms with Gasteiger partial charge in [-0.1, -0.05) is 11.6 Å². The Morgan fingerprint density at radius 3 is 2.57 bits per heavy atom. The summed E-state index contributed by atoms with van der Waals surface area (Å²) in [5, 5.41) is 11.5. The van der Waals surface area contributed by atoms with Crippen molar-refractivity contribution in [2.75, 3.05) is 7.11 Å². The minimum atomic E-state index is -0.612. The molecule has 7 heteroatoms. The highest BCUT2D eigenvalue weighted by Gasteiger charge is 2.16. The average molecular weight is 305 g/mol. The summed E-state index contributed by atoms with van der Waals surface area (Å²) in [6, 6.07) is 7.54. The predicted molar refractivity (Wildman–Crippen MR) is 80.3 cm³/mol. The lowest BCUT2D eigenvalue weighted by Crippen LogP contribution is -2.05. The number of nitro groups is 1. The highest BCUT2D eigenvalue weighted by molar-refractivity contribution is 6.33. The number of hydrogen-bond donors (Lipinski definition) is 1. The fourth-order valence-electron chi connectivity index (χ4n) is 2.23. The van der Waals surface area contributed by atoms with Crippen molar-refractivity contribution >= 4 is 39.1 Å². The number of pyridine rings is 1. The molecule has 0 spiro atoms. The van der Waals surface area contributed by atoms with E-state index in [0.29, 0.717) is 22.2 Å². The first kappa shape index (κ1) is 13.4. The predicted octanol–water partition coefficient (Wildman–Crippen LogP) is 3.25. The van der Waals surface area contributed by atoms with Gasteiger partial charge in [0.15, 0.2) is 5.43 Å². The van der Waals surface area contributed by atoms with Crippen molar-refractivity contribution < 1.29 is 9.66 Å². The summed E-state index contributed by atoms with van der Waals surface area (Å²) >= 11 is 5.87. The lowest BCUT2D eigenvalue weighted by atomic mass is 10.1. The zero-order chi connectivity index (χ0) is 15.1. The number of hydrogen-bond acceptors (Lipinski definition) is 4. The molecule has 0 bridgehead atoms. The van der Waals surface area contributed by atoms with Gasteiger partial charge in [0.1, 0.15) is 10.8 Å². The van der Waals surface area contributed by atoms with Crippen molar-refractivity contribution in [2.24, 2.45) is 0 Å². The van der Waals surface area contributed by atoms with Crippen LogP contribution >= 0.6 is 11.6 Å². The van der Waals surface area contributed by atoms with Gasteiger partial charge < -0.3 is 9.72 Å². The smallest absolute Gasteiger partial charge is 0.288 e. The lowest BCUT2D eigenvalue weighted by Gasteiger charge is -2.05. The Labute approximate surface area is 123 Å². The van der Waals surface area contributed by atoms with E-state index in [2.05, 4.69) is 4.98 Å². The molecule has 0 aliphatic carbocycles. The molecule has 1 aromatic heterocycles. The molecule has 0 amide bonds. The molecule has 3 rings (SSSR count). The monoisotopic (exact) mass is 304 g/mol. The molecule has 0 saturated heterocycles. The van der Waals surface area contributed by atoms with Crippen LogP contribution in [-0.4, -0.2) is 17.0 Å². The van der Waals surface area contributed by atoms with Crippen molar-refractivity contribution in [2.45, 2.75) is 0 Å². The van der Waals surface area contributed by atoms with Crippen molar-refractivity contribution in [1.29, 1.82) is 0 Å². The van der Waals surface area contributed by atoms with Gasteiger partial charge in [0.25, 0.3) is 5.69 Å². The number of halogens is 1. The Morgan fingerprint density at radius 1 is 1.19 bits per heavy atom. The molecule has 0 aliphatic heterocycles. The molecular formula is C14H9ClN2O4. The van der Waals surface area contributed by atoms with Crippen LogP contribution in [0.4, 0.5) is 5.69 Å². The number of aromatic nitrogens is 1. The van der Waals surface area contributed by atoms with E-state index in [4.69, 9.17) is 16.3 Å². The van der Waals surface area contributed by atoms with Gasteiger partial charge in [-0.2, -0.15) is 0 Å². The van der Waals surface area contributed by atoms with Gasteiger partial charge in [0, 0.05) is 17.5 Å². The number of benzene rings is 2. The third-order valence-corrected chi connectivity index (χ3v) is 3.57. The van der Waals surface area contributed by atoms with E-state index < -0.39 is 4.92 Å². The summed E-state index contributed by atoms with van der Waals surface area (Å²) in [4.78, 5) is 25.8. The maximum Gasteiger partial charge on any atom is 0.288 e. The molecule has 0 atom stereocenters. The number of nitro benzene ring substituents is 1. The number of rotatable bonds is 2. The fraction of sp³-hybridized carbons (Fsp3) is 0.0714. The SMILES string of the molecule is COc1ccc2c(=O)c3cc([N+](=O)[O-])c(Cl)cc3[nH]c2c1. The van der Waals surface area contributed by atoms with Gasteiger partial charge in [-0.3, -0.25) is 14.9 Å². The van der Waals surface area contributed by atoms with Crippen LogP contribution in [0.15, 0.2) is 35.1 Å². The summed E-state index contributed by atoms with van der Waals surface area (Å²) in [6.45, 7) is 0. The summed E-state index contributed by atoms with van der Waals surface area (Å²) in [5.41, 5.74) is 0.442. The van der Waals surface area contributed by atoms with Crippen LogP contribution in [0.1, 0.15) is 0 Å². The molecule has 0 aliphatic rings. The quantitative estimate of drug-likeness (QED) is 0.447. The van der Waals surface area contributed by atoms with E-state index >= 15 is 0 Å². The van der Waals surface area contributed by atoms with Gasteiger partial charge in [0.2, 0.25) is 0 Å². The van der Waals surface area contributed by atoms with Gasteiger partial charge >= 0.3 is 0 Å². The van der Waals surface area contributed by atoms with Crippen LogP contribution in [-0.2, 0) is 0 Å². The van der Waals surface area contributed by atoms with Crippen LogP contribution in [0.5, 0.6) is 5.75 Å². The average Bonchev–Trinajstić information content (AvgIpc) is 2.46. The number of methoxy groups -OCH3 is 1. The van der Waals surface area contributed by atoms with Crippen molar-refractivity contribution in [3.05, 3.63) is 55.7 Å². The summed E-state index contributed by atoms with van der Waals surface area (Å²) in [5.74, 6) is 0.602. The topological polar surface area (TPSA) is 85.2 Å². The second-order valence-corrected chi connectivity index (χ2v) is 4.88. The zero-order valence-corrected chi connectivity index (χ0v) is 11.6. The maximum absolute atomic E-state index is 12.4. The number of fused-ring (bicyclic) bond motifs is 2. The molecule has 0 radical (unpaired) electrons. The molecular weight excluding hydrogens is 296 g/mol. The maximum atomic E-state index is 12.4. The Bertz CT molecular complexity index is 949. The van der Waals surface area contributed by atoms with E-state index in [9.17, 15) is 14.9 Å². The molecule has 1 N–H and O–H groups in total. The van der Waals surface area contributed by atoms with Crippen molar-refractivity contribution in [3.8, 4) is 5.75 Å². The Balaban J connectivity index is 2.44. The molecule has 0 fully saturated rings. The molecule has 3 aromatic rings. The number of nitrogens with zero attached hydrogens (tertiary/aromatic N) is 1. The molecule has 106 valence electrons. The van der Waals surface area contributed by atoms with E-state index in [0.717, 1.165) is 0 Å². The number of aromatic amines is 1. The molecule has 21 heavy (non-hydrogen) atoms. The van der Waals surface area contributed by atoms with Crippen LogP contribution in [0.3, 0.4) is 0 Å².